The van der Waals surface area contributed by atoms with Crippen LogP contribution in [0.4, 0.5) is 10.5 Å². The number of nitrogens with one attached hydrogen (secondary N) is 2. The van der Waals surface area contributed by atoms with Crippen molar-refractivity contribution < 1.29 is 23.8 Å². The van der Waals surface area contributed by atoms with E-state index in [1.54, 1.807) is 18.2 Å². The summed E-state index contributed by atoms with van der Waals surface area (Å²) in [6.45, 7) is 5.59. The average molecular weight is 335 g/mol. The largest absolute Gasteiger partial charge is 0.454 e. The molecule has 8 heteroatoms. The Bertz CT molecular complexity index is 626. The van der Waals surface area contributed by atoms with Crippen LogP contribution >= 0.6 is 0 Å². The summed E-state index contributed by atoms with van der Waals surface area (Å²) in [5, 5.41) is 4.94. The van der Waals surface area contributed by atoms with Crippen molar-refractivity contribution in [3.63, 3.8) is 0 Å². The lowest BCUT2D eigenvalue weighted by molar-refractivity contribution is -0.124. The number of anilines is 1. The van der Waals surface area contributed by atoms with E-state index in [0.717, 1.165) is 0 Å². The SMILES string of the molecule is C[C@H]1CN(CC(=O)NC(=O)Nc2ccc3c(c2)OCO3)C[C@H](C)O1. The molecule has 0 aliphatic carbocycles. The van der Waals surface area contributed by atoms with Gasteiger partial charge in [-0.15, -0.1) is 0 Å². The highest BCUT2D eigenvalue weighted by Crippen LogP contribution is 2.34. The fourth-order valence-corrected chi connectivity index (χ4v) is 2.92. The molecule has 0 bridgehead atoms. The fourth-order valence-electron chi connectivity index (χ4n) is 2.92. The van der Waals surface area contributed by atoms with Crippen LogP contribution in [0.2, 0.25) is 0 Å². The molecule has 0 saturated carbocycles. The minimum absolute atomic E-state index is 0.0732. The van der Waals surface area contributed by atoms with E-state index in [-0.39, 0.29) is 31.5 Å². The Labute approximate surface area is 140 Å². The number of hydrogen-bond donors (Lipinski definition) is 2. The number of amides is 3. The van der Waals surface area contributed by atoms with Gasteiger partial charge in [-0.2, -0.15) is 0 Å². The van der Waals surface area contributed by atoms with Crippen molar-refractivity contribution in [3.8, 4) is 11.5 Å². The number of fused-ring (bicyclic) bond motifs is 1. The van der Waals surface area contributed by atoms with Gasteiger partial charge in [-0.1, -0.05) is 0 Å². The third kappa shape index (κ3) is 4.15. The van der Waals surface area contributed by atoms with E-state index in [0.29, 0.717) is 30.3 Å². The van der Waals surface area contributed by atoms with Crippen LogP contribution < -0.4 is 20.1 Å². The molecular weight excluding hydrogens is 314 g/mol. The van der Waals surface area contributed by atoms with Gasteiger partial charge in [-0.05, 0) is 26.0 Å². The lowest BCUT2D eigenvalue weighted by atomic mass is 10.2. The second-order valence-corrected chi connectivity index (χ2v) is 6.02. The first-order valence-electron chi connectivity index (χ1n) is 7.88. The summed E-state index contributed by atoms with van der Waals surface area (Å²) >= 11 is 0. The lowest BCUT2D eigenvalue weighted by Crippen LogP contribution is -2.50. The Kier molecular flexibility index (Phi) is 4.86. The zero-order valence-electron chi connectivity index (χ0n) is 13.7. The molecule has 2 aliphatic rings. The van der Waals surface area contributed by atoms with Crippen LogP contribution in [0.25, 0.3) is 0 Å². The normalized spacial score (nSPS) is 22.9. The van der Waals surface area contributed by atoms with Crippen molar-refractivity contribution in [1.29, 1.82) is 0 Å². The van der Waals surface area contributed by atoms with Gasteiger partial charge >= 0.3 is 6.03 Å². The Morgan fingerprint density at radius 1 is 1.17 bits per heavy atom. The molecule has 1 aromatic carbocycles. The molecule has 2 atom stereocenters. The van der Waals surface area contributed by atoms with Crippen molar-refractivity contribution in [2.45, 2.75) is 26.1 Å². The van der Waals surface area contributed by atoms with Crippen LogP contribution in [-0.4, -0.2) is 55.5 Å². The van der Waals surface area contributed by atoms with Crippen LogP contribution in [-0.2, 0) is 9.53 Å². The number of hydrogen-bond acceptors (Lipinski definition) is 6. The van der Waals surface area contributed by atoms with Gasteiger partial charge in [0.05, 0.1) is 18.8 Å². The smallest absolute Gasteiger partial charge is 0.325 e. The van der Waals surface area contributed by atoms with Gasteiger partial charge in [-0.25, -0.2) is 4.79 Å². The number of imide groups is 1. The number of carbonyl (C=O) groups is 2. The van der Waals surface area contributed by atoms with Crippen LogP contribution in [0.5, 0.6) is 11.5 Å². The fraction of sp³-hybridized carbons (Fsp3) is 0.500. The first kappa shape index (κ1) is 16.5. The predicted octanol–water partition coefficient (Wildman–Crippen LogP) is 1.17. The first-order chi connectivity index (χ1) is 11.5. The number of rotatable bonds is 3. The summed E-state index contributed by atoms with van der Waals surface area (Å²) < 4.78 is 16.1. The summed E-state index contributed by atoms with van der Waals surface area (Å²) in [5.41, 5.74) is 0.526. The molecule has 0 radical (unpaired) electrons. The standard InChI is InChI=1S/C16H21N3O5/c1-10-6-19(7-11(2)24-10)8-15(20)18-16(21)17-12-3-4-13-14(5-12)23-9-22-13/h3-5,10-11H,6-9H2,1-2H3,(H2,17,18,20,21)/t10-,11-/m0/s1. The van der Waals surface area contributed by atoms with Crippen molar-refractivity contribution in [2.75, 3.05) is 31.7 Å². The van der Waals surface area contributed by atoms with E-state index in [2.05, 4.69) is 10.6 Å². The molecule has 1 fully saturated rings. The Morgan fingerprint density at radius 3 is 2.62 bits per heavy atom. The third-order valence-electron chi connectivity index (χ3n) is 3.75. The minimum atomic E-state index is -0.576. The zero-order valence-corrected chi connectivity index (χ0v) is 13.7. The van der Waals surface area contributed by atoms with Gasteiger partial charge in [-0.3, -0.25) is 15.0 Å². The van der Waals surface area contributed by atoms with Gasteiger partial charge < -0.3 is 19.5 Å². The number of urea groups is 1. The van der Waals surface area contributed by atoms with E-state index in [9.17, 15) is 9.59 Å². The average Bonchev–Trinajstić information content (AvgIpc) is 2.93. The molecule has 130 valence electrons. The molecule has 0 unspecified atom stereocenters. The molecule has 0 aromatic heterocycles. The summed E-state index contributed by atoms with van der Waals surface area (Å²) in [6, 6.07) is 4.46. The summed E-state index contributed by atoms with van der Waals surface area (Å²) in [6.07, 6.45) is 0.146. The summed E-state index contributed by atoms with van der Waals surface area (Å²) in [7, 11) is 0. The molecule has 0 spiro atoms. The highest BCUT2D eigenvalue weighted by molar-refractivity contribution is 6.01. The van der Waals surface area contributed by atoms with Crippen LogP contribution in [0.1, 0.15) is 13.8 Å². The second kappa shape index (κ2) is 7.06. The molecule has 24 heavy (non-hydrogen) atoms. The van der Waals surface area contributed by atoms with E-state index in [4.69, 9.17) is 14.2 Å². The number of carbonyl (C=O) groups excluding carboxylic acids is 2. The quantitative estimate of drug-likeness (QED) is 0.862. The lowest BCUT2D eigenvalue weighted by Gasteiger charge is -2.34. The molecule has 8 nitrogen and oxygen atoms in total. The minimum Gasteiger partial charge on any atom is -0.454 e. The van der Waals surface area contributed by atoms with Crippen molar-refractivity contribution >= 4 is 17.6 Å². The van der Waals surface area contributed by atoms with Crippen LogP contribution in [0.3, 0.4) is 0 Å². The molecule has 2 aliphatic heterocycles. The van der Waals surface area contributed by atoms with Gasteiger partial charge in [0.2, 0.25) is 12.7 Å². The number of ether oxygens (including phenoxy) is 3. The predicted molar refractivity (Wildman–Crippen MR) is 86.2 cm³/mol. The van der Waals surface area contributed by atoms with E-state index < -0.39 is 6.03 Å². The monoisotopic (exact) mass is 335 g/mol. The maximum atomic E-state index is 12.0. The van der Waals surface area contributed by atoms with Gasteiger partial charge in [0.25, 0.3) is 0 Å². The molecular formula is C16H21N3O5. The molecule has 2 N–H and O–H groups in total. The topological polar surface area (TPSA) is 89.1 Å². The highest BCUT2D eigenvalue weighted by atomic mass is 16.7. The van der Waals surface area contributed by atoms with Crippen LogP contribution in [0, 0.1) is 0 Å². The summed E-state index contributed by atoms with van der Waals surface area (Å²) in [5.74, 6) is 0.845. The van der Waals surface area contributed by atoms with Gasteiger partial charge in [0.15, 0.2) is 11.5 Å². The highest BCUT2D eigenvalue weighted by Gasteiger charge is 2.24. The van der Waals surface area contributed by atoms with Gasteiger partial charge in [0, 0.05) is 24.8 Å². The summed E-state index contributed by atoms with van der Waals surface area (Å²) in [4.78, 5) is 25.9. The number of benzene rings is 1. The maximum absolute atomic E-state index is 12.0. The Morgan fingerprint density at radius 2 is 1.88 bits per heavy atom. The van der Waals surface area contributed by atoms with E-state index in [1.165, 1.54) is 0 Å². The molecule has 3 amide bonds. The van der Waals surface area contributed by atoms with E-state index in [1.807, 2.05) is 18.7 Å². The van der Waals surface area contributed by atoms with Gasteiger partial charge in [0.1, 0.15) is 0 Å². The Hall–Kier alpha value is -2.32. The Balaban J connectivity index is 1.48. The third-order valence-corrected chi connectivity index (χ3v) is 3.75. The van der Waals surface area contributed by atoms with Crippen molar-refractivity contribution in [1.82, 2.24) is 10.2 Å². The number of morpholine rings is 1. The van der Waals surface area contributed by atoms with Crippen LogP contribution in [0.15, 0.2) is 18.2 Å². The molecule has 2 heterocycles. The second-order valence-electron chi connectivity index (χ2n) is 6.02. The first-order valence-corrected chi connectivity index (χ1v) is 7.88. The zero-order chi connectivity index (χ0) is 17.1. The maximum Gasteiger partial charge on any atom is 0.325 e. The molecule has 1 aromatic rings. The van der Waals surface area contributed by atoms with E-state index >= 15 is 0 Å². The number of nitrogens with zero attached hydrogens (tertiary/aromatic N) is 1. The molecule has 3 rings (SSSR count). The van der Waals surface area contributed by atoms with Crippen molar-refractivity contribution in [2.24, 2.45) is 0 Å². The van der Waals surface area contributed by atoms with Crippen molar-refractivity contribution in [3.05, 3.63) is 18.2 Å². The molecule has 1 saturated heterocycles.